The summed E-state index contributed by atoms with van der Waals surface area (Å²) in [7, 11) is -1.05. The molecule has 0 radical (unpaired) electrons. The van der Waals surface area contributed by atoms with Crippen molar-refractivity contribution in [3.8, 4) is 0 Å². The average Bonchev–Trinajstić information content (AvgIpc) is 2.99. The minimum Gasteiger partial charge on any atom is -0.355 e. The number of anilines is 1. The summed E-state index contributed by atoms with van der Waals surface area (Å²) in [5.74, 6) is 0.943. The predicted octanol–water partition coefficient (Wildman–Crippen LogP) is 1.70. The third-order valence-corrected chi connectivity index (χ3v) is 6.27. The molecule has 0 bridgehead atoms. The van der Waals surface area contributed by atoms with E-state index in [1.807, 2.05) is 42.3 Å². The van der Waals surface area contributed by atoms with Crippen molar-refractivity contribution in [3.63, 3.8) is 0 Å². The van der Waals surface area contributed by atoms with Crippen LogP contribution in [0.4, 0.5) is 10.6 Å². The van der Waals surface area contributed by atoms with Gasteiger partial charge in [0.25, 0.3) is 0 Å². The van der Waals surface area contributed by atoms with E-state index in [1.54, 1.807) is 6.20 Å². The molecular formula is C19H24N4O3S. The van der Waals surface area contributed by atoms with E-state index >= 15 is 0 Å². The Morgan fingerprint density at radius 3 is 2.70 bits per heavy atom. The lowest BCUT2D eigenvalue weighted by atomic mass is 10.2. The molecule has 2 aromatic rings. The highest BCUT2D eigenvalue weighted by molar-refractivity contribution is 7.91. The summed E-state index contributed by atoms with van der Waals surface area (Å²) in [6.07, 6.45) is 2.19. The number of nitrogens with zero attached hydrogens (tertiary/aromatic N) is 2. The first kappa shape index (κ1) is 19.2. The fraction of sp³-hybridized carbons (Fsp3) is 0.368. The molecule has 1 fully saturated rings. The Balaban J connectivity index is 1.58. The quantitative estimate of drug-likeness (QED) is 0.786. The van der Waals surface area contributed by atoms with Gasteiger partial charge in [-0.05, 0) is 18.1 Å². The SMILES string of the molecule is CN(Cc1ccccc1)c1ncccc1CNC(=O)NC1CCS(=O)(=O)C1. The molecule has 0 spiro atoms. The van der Waals surface area contributed by atoms with Crippen LogP contribution in [0.1, 0.15) is 17.5 Å². The molecule has 1 aromatic carbocycles. The number of pyridine rings is 1. The molecule has 27 heavy (non-hydrogen) atoms. The fourth-order valence-corrected chi connectivity index (χ4v) is 4.84. The molecule has 1 unspecified atom stereocenters. The number of urea groups is 1. The summed E-state index contributed by atoms with van der Waals surface area (Å²) in [6.45, 7) is 1.02. The van der Waals surface area contributed by atoms with Crippen LogP contribution in [0, 0.1) is 0 Å². The van der Waals surface area contributed by atoms with Crippen molar-refractivity contribution in [3.05, 3.63) is 59.8 Å². The van der Waals surface area contributed by atoms with Gasteiger partial charge < -0.3 is 15.5 Å². The lowest BCUT2D eigenvalue weighted by Gasteiger charge is -2.21. The Kier molecular flexibility index (Phi) is 5.95. The number of amides is 2. The minimum atomic E-state index is -3.02. The zero-order valence-corrected chi connectivity index (χ0v) is 16.1. The molecule has 1 aromatic heterocycles. The zero-order chi connectivity index (χ0) is 19.3. The molecule has 0 aliphatic carbocycles. The number of nitrogens with one attached hydrogen (secondary N) is 2. The number of aromatic nitrogens is 1. The Morgan fingerprint density at radius 1 is 1.22 bits per heavy atom. The van der Waals surface area contributed by atoms with Crippen molar-refractivity contribution >= 4 is 21.7 Å². The van der Waals surface area contributed by atoms with Crippen LogP contribution in [0.3, 0.4) is 0 Å². The molecule has 1 saturated heterocycles. The van der Waals surface area contributed by atoms with Crippen LogP contribution in [-0.4, -0.2) is 44.0 Å². The van der Waals surface area contributed by atoms with E-state index in [0.29, 0.717) is 19.5 Å². The van der Waals surface area contributed by atoms with Gasteiger partial charge in [0.2, 0.25) is 0 Å². The molecule has 2 N–H and O–H groups in total. The maximum absolute atomic E-state index is 12.1. The van der Waals surface area contributed by atoms with E-state index in [1.165, 1.54) is 5.56 Å². The van der Waals surface area contributed by atoms with E-state index in [2.05, 4.69) is 27.8 Å². The van der Waals surface area contributed by atoms with Gasteiger partial charge >= 0.3 is 6.03 Å². The highest BCUT2D eigenvalue weighted by Crippen LogP contribution is 2.18. The van der Waals surface area contributed by atoms with Gasteiger partial charge in [-0.3, -0.25) is 0 Å². The van der Waals surface area contributed by atoms with E-state index in [0.717, 1.165) is 11.4 Å². The summed E-state index contributed by atoms with van der Waals surface area (Å²) in [5, 5.41) is 5.53. The second-order valence-corrected chi connectivity index (χ2v) is 8.98. The second kappa shape index (κ2) is 8.39. The topological polar surface area (TPSA) is 91.4 Å². The van der Waals surface area contributed by atoms with Crippen LogP contribution in [0.2, 0.25) is 0 Å². The molecule has 7 nitrogen and oxygen atoms in total. The third-order valence-electron chi connectivity index (χ3n) is 4.50. The fourth-order valence-electron chi connectivity index (χ4n) is 3.16. The molecule has 1 aliphatic heterocycles. The van der Waals surface area contributed by atoms with Gasteiger partial charge in [-0.25, -0.2) is 18.2 Å². The van der Waals surface area contributed by atoms with E-state index in [-0.39, 0.29) is 23.6 Å². The number of rotatable bonds is 6. The summed E-state index contributed by atoms with van der Waals surface area (Å²) >= 11 is 0. The second-order valence-electron chi connectivity index (χ2n) is 6.75. The molecule has 0 saturated carbocycles. The molecular weight excluding hydrogens is 364 g/mol. The number of hydrogen-bond donors (Lipinski definition) is 2. The predicted molar refractivity (Wildman–Crippen MR) is 105 cm³/mol. The Hall–Kier alpha value is -2.61. The summed E-state index contributed by atoms with van der Waals surface area (Å²) < 4.78 is 23.0. The first-order valence-corrected chi connectivity index (χ1v) is 10.7. The zero-order valence-electron chi connectivity index (χ0n) is 15.3. The number of carbonyl (C=O) groups excluding carboxylic acids is 1. The smallest absolute Gasteiger partial charge is 0.315 e. The van der Waals surface area contributed by atoms with Crippen LogP contribution in [-0.2, 0) is 22.9 Å². The maximum atomic E-state index is 12.1. The lowest BCUT2D eigenvalue weighted by molar-refractivity contribution is 0.237. The first-order chi connectivity index (χ1) is 12.9. The Labute approximate surface area is 159 Å². The summed E-state index contributed by atoms with van der Waals surface area (Å²) in [5.41, 5.74) is 2.06. The number of carbonyl (C=O) groups is 1. The number of sulfone groups is 1. The minimum absolute atomic E-state index is 0.0123. The van der Waals surface area contributed by atoms with Gasteiger partial charge in [-0.1, -0.05) is 36.4 Å². The van der Waals surface area contributed by atoms with Crippen molar-refractivity contribution in [2.24, 2.45) is 0 Å². The number of benzene rings is 1. The molecule has 2 amide bonds. The molecule has 2 heterocycles. The van der Waals surface area contributed by atoms with E-state index < -0.39 is 9.84 Å². The lowest BCUT2D eigenvalue weighted by Crippen LogP contribution is -2.42. The molecule has 8 heteroatoms. The van der Waals surface area contributed by atoms with Crippen LogP contribution >= 0.6 is 0 Å². The van der Waals surface area contributed by atoms with Gasteiger partial charge in [0.1, 0.15) is 5.82 Å². The molecule has 3 rings (SSSR count). The summed E-state index contributed by atoms with van der Waals surface area (Å²) in [4.78, 5) is 18.6. The van der Waals surface area contributed by atoms with E-state index in [4.69, 9.17) is 0 Å². The first-order valence-electron chi connectivity index (χ1n) is 8.87. The average molecular weight is 388 g/mol. The van der Waals surface area contributed by atoms with Gasteiger partial charge in [0.05, 0.1) is 11.5 Å². The third kappa shape index (κ3) is 5.43. The van der Waals surface area contributed by atoms with Crippen molar-refractivity contribution < 1.29 is 13.2 Å². The van der Waals surface area contributed by atoms with E-state index in [9.17, 15) is 13.2 Å². The highest BCUT2D eigenvalue weighted by Gasteiger charge is 2.28. The molecule has 144 valence electrons. The van der Waals surface area contributed by atoms with Crippen molar-refractivity contribution in [1.29, 1.82) is 0 Å². The monoisotopic (exact) mass is 388 g/mol. The van der Waals surface area contributed by atoms with Crippen molar-refractivity contribution in [1.82, 2.24) is 15.6 Å². The van der Waals surface area contributed by atoms with Crippen LogP contribution in [0.15, 0.2) is 48.7 Å². The Bertz CT molecular complexity index is 887. The van der Waals surface area contributed by atoms with Crippen LogP contribution < -0.4 is 15.5 Å². The largest absolute Gasteiger partial charge is 0.355 e. The van der Waals surface area contributed by atoms with Crippen molar-refractivity contribution in [2.75, 3.05) is 23.5 Å². The molecule has 1 atom stereocenters. The highest BCUT2D eigenvalue weighted by atomic mass is 32.2. The van der Waals surface area contributed by atoms with Gasteiger partial charge in [0, 0.05) is 37.9 Å². The number of hydrogen-bond acceptors (Lipinski definition) is 5. The normalized spacial score (nSPS) is 18.0. The Morgan fingerprint density at radius 2 is 2.00 bits per heavy atom. The van der Waals surface area contributed by atoms with Gasteiger partial charge in [-0.2, -0.15) is 0 Å². The summed E-state index contributed by atoms with van der Waals surface area (Å²) in [6, 6.07) is 13.2. The van der Waals surface area contributed by atoms with Crippen LogP contribution in [0.5, 0.6) is 0 Å². The standard InChI is InChI=1S/C19H24N4O3S/c1-23(13-15-6-3-2-4-7-15)18-16(8-5-10-20-18)12-21-19(24)22-17-9-11-27(25,26)14-17/h2-8,10,17H,9,11-14H2,1H3,(H2,21,22,24). The molecule has 1 aliphatic rings. The van der Waals surface area contributed by atoms with Crippen LogP contribution in [0.25, 0.3) is 0 Å². The van der Waals surface area contributed by atoms with Gasteiger partial charge in [0.15, 0.2) is 9.84 Å². The maximum Gasteiger partial charge on any atom is 0.315 e. The van der Waals surface area contributed by atoms with Gasteiger partial charge in [-0.15, -0.1) is 0 Å². The van der Waals surface area contributed by atoms with Crippen molar-refractivity contribution in [2.45, 2.75) is 25.6 Å².